The zero-order chi connectivity index (χ0) is 28.4. The molecule has 2 aromatic carbocycles. The smallest absolute Gasteiger partial charge is 0.370 e. The highest BCUT2D eigenvalue weighted by Gasteiger charge is 2.85. The van der Waals surface area contributed by atoms with Gasteiger partial charge in [0.15, 0.2) is 0 Å². The molecule has 0 saturated carbocycles. The number of likely N-dealkylation sites (tertiary alicyclic amines) is 1. The van der Waals surface area contributed by atoms with Crippen LogP contribution in [0.1, 0.15) is 18.4 Å². The molecule has 1 saturated heterocycles. The summed E-state index contributed by atoms with van der Waals surface area (Å²) in [4.78, 5) is 1.98. The summed E-state index contributed by atoms with van der Waals surface area (Å²) < 4.78 is 144. The summed E-state index contributed by atoms with van der Waals surface area (Å²) in [7, 11) is -6.87. The molecule has 0 atom stereocenters. The van der Waals surface area contributed by atoms with Crippen molar-refractivity contribution >= 4 is 27.1 Å². The highest BCUT2D eigenvalue weighted by molar-refractivity contribution is 7.93. The van der Waals surface area contributed by atoms with Crippen molar-refractivity contribution in [3.63, 3.8) is 0 Å². The molecule has 1 heterocycles. The van der Waals surface area contributed by atoms with E-state index in [-0.39, 0.29) is 0 Å². The Labute approximate surface area is 210 Å². The van der Waals surface area contributed by atoms with Crippen LogP contribution in [0.25, 0.3) is 5.70 Å². The van der Waals surface area contributed by atoms with Crippen LogP contribution in [0.2, 0.25) is 0 Å². The second-order valence-electron chi connectivity index (χ2n) is 8.08. The van der Waals surface area contributed by atoms with Gasteiger partial charge in [-0.15, -0.1) is 5.11 Å². The molecule has 38 heavy (non-hydrogen) atoms. The molecule has 1 N–H and O–H groups in total. The Kier molecular flexibility index (Phi) is 8.05. The topological polar surface area (TPSA) is 74.1 Å². The number of rotatable bonds is 9. The lowest BCUT2D eigenvalue weighted by Gasteiger charge is -2.33. The largest absolute Gasteiger partial charge is 0.460 e. The number of hydrogen-bond acceptors (Lipinski definition) is 5. The maximum atomic E-state index is 14.1. The monoisotopic (exact) mass is 574 g/mol. The molecule has 6 nitrogen and oxygen atoms in total. The molecule has 0 bridgehead atoms. The van der Waals surface area contributed by atoms with Gasteiger partial charge in [0.2, 0.25) is 0 Å². The van der Waals surface area contributed by atoms with Crippen LogP contribution >= 0.6 is 0 Å². The minimum absolute atomic E-state index is 0.511. The number of azo groups is 1. The lowest BCUT2D eigenvalue weighted by Crippen LogP contribution is -2.64. The van der Waals surface area contributed by atoms with Crippen LogP contribution in [0, 0.1) is 0 Å². The first-order valence-corrected chi connectivity index (χ1v) is 12.2. The van der Waals surface area contributed by atoms with Crippen LogP contribution in [0.3, 0.4) is 0 Å². The van der Waals surface area contributed by atoms with Crippen LogP contribution < -0.4 is 4.72 Å². The number of nitrogens with zero attached hydrogens (tertiary/aromatic N) is 3. The lowest BCUT2D eigenvalue weighted by atomic mass is 10.1. The number of halogens is 9. The van der Waals surface area contributed by atoms with Gasteiger partial charge < -0.3 is 4.90 Å². The number of nitrogens with one attached hydrogen (secondary N) is 1. The predicted molar refractivity (Wildman–Crippen MR) is 120 cm³/mol. The van der Waals surface area contributed by atoms with Crippen molar-refractivity contribution in [3.8, 4) is 0 Å². The summed E-state index contributed by atoms with van der Waals surface area (Å²) in [5.74, 6) is -14.7. The Morgan fingerprint density at radius 1 is 0.816 bits per heavy atom. The van der Waals surface area contributed by atoms with Gasteiger partial charge >= 0.3 is 33.3 Å². The van der Waals surface area contributed by atoms with Crippen molar-refractivity contribution in [2.75, 3.05) is 17.8 Å². The third kappa shape index (κ3) is 5.44. The average molecular weight is 574 g/mol. The van der Waals surface area contributed by atoms with Crippen molar-refractivity contribution in [2.45, 2.75) is 36.1 Å². The molecule has 0 spiro atoms. The number of sulfonamides is 1. The molecule has 0 aliphatic carbocycles. The van der Waals surface area contributed by atoms with Crippen molar-refractivity contribution < 1.29 is 47.9 Å². The molecule has 16 heteroatoms. The van der Waals surface area contributed by atoms with Crippen molar-refractivity contribution in [2.24, 2.45) is 10.2 Å². The van der Waals surface area contributed by atoms with Crippen LogP contribution in [-0.2, 0) is 10.0 Å². The Morgan fingerprint density at radius 3 is 1.95 bits per heavy atom. The quantitative estimate of drug-likeness (QED) is 0.258. The fourth-order valence-electron chi connectivity index (χ4n) is 3.44. The van der Waals surface area contributed by atoms with Gasteiger partial charge in [-0.05, 0) is 30.5 Å². The van der Waals surface area contributed by atoms with Crippen molar-refractivity contribution in [1.82, 2.24) is 4.90 Å². The van der Waals surface area contributed by atoms with Gasteiger partial charge in [0.1, 0.15) is 5.69 Å². The van der Waals surface area contributed by atoms with Crippen LogP contribution in [0.15, 0.2) is 71.0 Å². The van der Waals surface area contributed by atoms with Gasteiger partial charge in [0.25, 0.3) is 0 Å². The van der Waals surface area contributed by atoms with Gasteiger partial charge in [-0.3, -0.25) is 4.72 Å². The molecule has 208 valence electrons. The Hall–Kier alpha value is -3.30. The maximum absolute atomic E-state index is 14.1. The first kappa shape index (κ1) is 29.3. The van der Waals surface area contributed by atoms with E-state index in [9.17, 15) is 47.9 Å². The highest BCUT2D eigenvalue weighted by atomic mass is 32.2. The normalized spacial score (nSPS) is 16.3. The molecule has 1 fully saturated rings. The minimum Gasteiger partial charge on any atom is -0.370 e. The van der Waals surface area contributed by atoms with E-state index in [2.05, 4.69) is 10.2 Å². The maximum Gasteiger partial charge on any atom is 0.460 e. The minimum atomic E-state index is -7.37. The Balaban J connectivity index is 1.94. The van der Waals surface area contributed by atoms with E-state index in [0.29, 0.717) is 18.8 Å². The van der Waals surface area contributed by atoms with E-state index in [0.717, 1.165) is 41.3 Å². The molecule has 0 amide bonds. The first-order chi connectivity index (χ1) is 17.5. The highest BCUT2D eigenvalue weighted by Crippen LogP contribution is 2.55. The first-order valence-electron chi connectivity index (χ1n) is 10.8. The summed E-state index contributed by atoms with van der Waals surface area (Å²) in [5.41, 5.74) is -0.0685. The summed E-state index contributed by atoms with van der Waals surface area (Å²) >= 11 is 0. The molecule has 0 unspecified atom stereocenters. The molecular formula is C22H19F9N4O2S. The molecule has 1 aliphatic rings. The number of para-hydroxylation sites is 1. The van der Waals surface area contributed by atoms with E-state index in [1.807, 2.05) is 4.90 Å². The van der Waals surface area contributed by atoms with Gasteiger partial charge in [0, 0.05) is 13.1 Å². The number of benzene rings is 2. The summed E-state index contributed by atoms with van der Waals surface area (Å²) in [6, 6.07) is 12.9. The average Bonchev–Trinajstić information content (AvgIpc) is 3.36. The predicted octanol–water partition coefficient (Wildman–Crippen LogP) is 7.03. The van der Waals surface area contributed by atoms with Gasteiger partial charge in [0.05, 0.1) is 17.6 Å². The number of hydrogen-bond donors (Lipinski definition) is 1. The SMILES string of the molecule is O=S(=O)(Nc1ccccc1N=N/C=C(\c1ccccc1)N1CCCC1)C(F)(F)C(F)(F)C(F)(F)C(F)(F)F. The Bertz CT molecular complexity index is 1290. The summed E-state index contributed by atoms with van der Waals surface area (Å²) in [5, 5.41) is 0.622. The van der Waals surface area contributed by atoms with E-state index < -0.39 is 44.7 Å². The molecule has 0 aromatic heterocycles. The van der Waals surface area contributed by atoms with Crippen molar-refractivity contribution in [3.05, 3.63) is 66.4 Å². The molecule has 3 rings (SSSR count). The zero-order valence-corrected chi connectivity index (χ0v) is 19.9. The third-order valence-corrected chi connectivity index (χ3v) is 6.88. The molecule has 1 aliphatic heterocycles. The van der Waals surface area contributed by atoms with Gasteiger partial charge in [-0.25, -0.2) is 0 Å². The molecule has 0 radical (unpaired) electrons. The number of alkyl halides is 9. The van der Waals surface area contributed by atoms with Gasteiger partial charge in [-0.1, -0.05) is 42.5 Å². The van der Waals surface area contributed by atoms with E-state index in [4.69, 9.17) is 0 Å². The lowest BCUT2D eigenvalue weighted by molar-refractivity contribution is -0.382. The fourth-order valence-corrected chi connectivity index (χ4v) is 4.49. The fraction of sp³-hybridized carbons (Fsp3) is 0.364. The van der Waals surface area contributed by atoms with Crippen LogP contribution in [0.5, 0.6) is 0 Å². The zero-order valence-electron chi connectivity index (χ0n) is 19.1. The van der Waals surface area contributed by atoms with E-state index >= 15 is 0 Å². The third-order valence-electron chi connectivity index (χ3n) is 5.46. The summed E-state index contributed by atoms with van der Waals surface area (Å²) in [6.45, 7) is 1.39. The standard InChI is InChI=1S/C22H19F9N4O2S/c23-19(24,21(27,28)29)20(25,26)22(30,31)38(36,37)34-17-11-5-4-10-16(17)33-32-14-18(35-12-6-7-13-35)15-8-2-1-3-9-15/h1-5,8-11,14,34H,6-7,12-13H2/b18-14+,33-32?. The van der Waals surface area contributed by atoms with Crippen LogP contribution in [-0.4, -0.2) is 49.7 Å². The summed E-state index contributed by atoms with van der Waals surface area (Å²) in [6.07, 6.45) is -4.07. The van der Waals surface area contributed by atoms with Gasteiger partial charge in [-0.2, -0.15) is 53.0 Å². The van der Waals surface area contributed by atoms with Crippen LogP contribution in [0.4, 0.5) is 50.9 Å². The van der Waals surface area contributed by atoms with E-state index in [1.165, 1.54) is 12.3 Å². The molecule has 2 aromatic rings. The number of anilines is 1. The molecular weight excluding hydrogens is 555 g/mol. The Morgan fingerprint density at radius 2 is 1.37 bits per heavy atom. The second-order valence-corrected chi connectivity index (χ2v) is 9.80. The van der Waals surface area contributed by atoms with Crippen molar-refractivity contribution in [1.29, 1.82) is 0 Å². The second kappa shape index (κ2) is 10.5. The van der Waals surface area contributed by atoms with E-state index in [1.54, 1.807) is 30.3 Å².